The zero-order valence-electron chi connectivity index (χ0n) is 19.9. The molecule has 4 aromatic rings. The van der Waals surface area contributed by atoms with Crippen LogP contribution in [0.1, 0.15) is 35.4 Å². The monoisotopic (exact) mass is 488 g/mol. The zero-order chi connectivity index (χ0) is 25.3. The predicted octanol–water partition coefficient (Wildman–Crippen LogP) is 3.43. The minimum absolute atomic E-state index is 0.00424. The third-order valence-electron chi connectivity index (χ3n) is 5.64. The van der Waals surface area contributed by atoms with Gasteiger partial charge in [0.25, 0.3) is 0 Å². The molecule has 36 heavy (non-hydrogen) atoms. The Morgan fingerprint density at radius 2 is 1.69 bits per heavy atom. The molecule has 9 nitrogen and oxygen atoms in total. The maximum Gasteiger partial charge on any atom is 0.242 e. The number of amides is 3. The number of carbonyl (C=O) groups excluding carboxylic acids is 3. The highest BCUT2D eigenvalue weighted by molar-refractivity contribution is 5.92. The van der Waals surface area contributed by atoms with Crippen molar-refractivity contribution < 1.29 is 23.5 Å². The first kappa shape index (κ1) is 24.6. The first-order valence-electron chi connectivity index (χ1n) is 11.6. The number of hydrogen-bond acceptors (Lipinski definition) is 5. The summed E-state index contributed by atoms with van der Waals surface area (Å²) >= 11 is 0. The Labute approximate surface area is 208 Å². The quantitative estimate of drug-likeness (QED) is 0.255. The van der Waals surface area contributed by atoms with Crippen LogP contribution in [0, 0.1) is 6.92 Å². The van der Waals surface area contributed by atoms with Crippen molar-refractivity contribution >= 4 is 28.6 Å². The molecule has 2 aromatic heterocycles. The first-order valence-corrected chi connectivity index (χ1v) is 11.6. The summed E-state index contributed by atoms with van der Waals surface area (Å²) in [5.41, 5.74) is 8.43. The van der Waals surface area contributed by atoms with E-state index in [9.17, 15) is 14.4 Å². The van der Waals surface area contributed by atoms with Crippen LogP contribution in [0.25, 0.3) is 10.9 Å². The van der Waals surface area contributed by atoms with Crippen molar-refractivity contribution in [3.63, 3.8) is 0 Å². The van der Waals surface area contributed by atoms with Crippen molar-refractivity contribution in [1.82, 2.24) is 21.2 Å². The molecule has 0 bridgehead atoms. The SMILES string of the molecule is Cc1[nH]c2ccc(OCc3ccccc3)cc2c1CC(=O)NNC(=O)CCC(=O)NCc1ccco1. The summed E-state index contributed by atoms with van der Waals surface area (Å²) in [5, 5.41) is 3.55. The molecule has 4 rings (SSSR count). The number of aromatic amines is 1. The summed E-state index contributed by atoms with van der Waals surface area (Å²) in [6.45, 7) is 2.60. The van der Waals surface area contributed by atoms with E-state index in [4.69, 9.17) is 9.15 Å². The Kier molecular flexibility index (Phi) is 8.02. The van der Waals surface area contributed by atoms with E-state index in [1.807, 2.05) is 55.5 Å². The molecule has 0 spiro atoms. The third kappa shape index (κ3) is 6.75. The molecule has 0 aliphatic heterocycles. The van der Waals surface area contributed by atoms with Crippen LogP contribution < -0.4 is 20.9 Å². The van der Waals surface area contributed by atoms with E-state index in [1.165, 1.54) is 6.26 Å². The van der Waals surface area contributed by atoms with Crippen LogP contribution in [0.4, 0.5) is 0 Å². The number of benzene rings is 2. The summed E-state index contributed by atoms with van der Waals surface area (Å²) in [6.07, 6.45) is 1.53. The molecule has 3 amide bonds. The second-order valence-electron chi connectivity index (χ2n) is 8.34. The lowest BCUT2D eigenvalue weighted by Gasteiger charge is -2.09. The maximum absolute atomic E-state index is 12.5. The summed E-state index contributed by atoms with van der Waals surface area (Å²) in [7, 11) is 0. The third-order valence-corrected chi connectivity index (χ3v) is 5.64. The molecule has 0 aliphatic carbocycles. The molecule has 0 fully saturated rings. The van der Waals surface area contributed by atoms with E-state index < -0.39 is 5.91 Å². The molecule has 0 unspecified atom stereocenters. The van der Waals surface area contributed by atoms with Gasteiger partial charge in [-0.1, -0.05) is 30.3 Å². The van der Waals surface area contributed by atoms with E-state index in [0.717, 1.165) is 27.7 Å². The van der Waals surface area contributed by atoms with Crippen LogP contribution in [-0.4, -0.2) is 22.7 Å². The van der Waals surface area contributed by atoms with Crippen molar-refractivity contribution in [2.75, 3.05) is 0 Å². The van der Waals surface area contributed by atoms with Gasteiger partial charge in [0.1, 0.15) is 18.1 Å². The van der Waals surface area contributed by atoms with Gasteiger partial charge in [-0.05, 0) is 48.4 Å². The average molecular weight is 489 g/mol. The highest BCUT2D eigenvalue weighted by Crippen LogP contribution is 2.27. The molecule has 2 heterocycles. The summed E-state index contributed by atoms with van der Waals surface area (Å²) in [4.78, 5) is 39.7. The molecular formula is C27H28N4O5. The summed E-state index contributed by atoms with van der Waals surface area (Å²) in [5.74, 6) is 0.217. The van der Waals surface area contributed by atoms with Gasteiger partial charge >= 0.3 is 0 Å². The van der Waals surface area contributed by atoms with Gasteiger partial charge in [-0.2, -0.15) is 0 Å². The number of hydrazine groups is 1. The van der Waals surface area contributed by atoms with E-state index in [0.29, 0.717) is 18.1 Å². The minimum Gasteiger partial charge on any atom is -0.489 e. The highest BCUT2D eigenvalue weighted by Gasteiger charge is 2.15. The number of carbonyl (C=O) groups is 3. The fourth-order valence-electron chi connectivity index (χ4n) is 3.74. The Morgan fingerprint density at radius 3 is 2.47 bits per heavy atom. The number of H-pyrrole nitrogens is 1. The predicted molar refractivity (Wildman–Crippen MR) is 134 cm³/mol. The maximum atomic E-state index is 12.5. The molecule has 0 saturated carbocycles. The molecular weight excluding hydrogens is 460 g/mol. The average Bonchev–Trinajstić information content (AvgIpc) is 3.52. The fraction of sp³-hybridized carbons (Fsp3) is 0.222. The van der Waals surface area contributed by atoms with Gasteiger partial charge in [-0.15, -0.1) is 0 Å². The highest BCUT2D eigenvalue weighted by atomic mass is 16.5. The zero-order valence-corrected chi connectivity index (χ0v) is 19.9. The van der Waals surface area contributed by atoms with Gasteiger partial charge in [0, 0.05) is 29.4 Å². The van der Waals surface area contributed by atoms with Gasteiger partial charge in [-0.25, -0.2) is 0 Å². The lowest BCUT2D eigenvalue weighted by molar-refractivity contribution is -0.130. The van der Waals surface area contributed by atoms with Crippen molar-refractivity contribution in [1.29, 1.82) is 0 Å². The number of ether oxygens (including phenoxy) is 1. The number of nitrogens with one attached hydrogen (secondary N) is 4. The van der Waals surface area contributed by atoms with Crippen LogP contribution in [-0.2, 0) is 34.0 Å². The molecule has 186 valence electrons. The van der Waals surface area contributed by atoms with E-state index >= 15 is 0 Å². The van der Waals surface area contributed by atoms with Crippen molar-refractivity contribution in [3.05, 3.63) is 89.5 Å². The normalized spacial score (nSPS) is 10.7. The molecule has 0 radical (unpaired) electrons. The van der Waals surface area contributed by atoms with Crippen LogP contribution in [0.5, 0.6) is 5.75 Å². The van der Waals surface area contributed by atoms with Gasteiger partial charge in [0.05, 0.1) is 19.2 Å². The molecule has 0 atom stereocenters. The first-order chi connectivity index (χ1) is 17.5. The van der Waals surface area contributed by atoms with Gasteiger partial charge in [-0.3, -0.25) is 25.2 Å². The number of rotatable bonds is 10. The van der Waals surface area contributed by atoms with Gasteiger partial charge in [0.15, 0.2) is 0 Å². The van der Waals surface area contributed by atoms with Crippen molar-refractivity contribution in [2.24, 2.45) is 0 Å². The molecule has 0 saturated heterocycles. The van der Waals surface area contributed by atoms with E-state index in [-0.39, 0.29) is 37.6 Å². The summed E-state index contributed by atoms with van der Waals surface area (Å²) in [6, 6.07) is 19.1. The van der Waals surface area contributed by atoms with Crippen molar-refractivity contribution in [2.45, 2.75) is 39.3 Å². The Bertz CT molecular complexity index is 1330. The largest absolute Gasteiger partial charge is 0.489 e. The lowest BCUT2D eigenvalue weighted by Crippen LogP contribution is -2.42. The molecule has 0 aliphatic rings. The Balaban J connectivity index is 1.26. The topological polar surface area (TPSA) is 125 Å². The number of furan rings is 1. The van der Waals surface area contributed by atoms with Gasteiger partial charge < -0.3 is 19.5 Å². The van der Waals surface area contributed by atoms with Crippen LogP contribution >= 0.6 is 0 Å². The van der Waals surface area contributed by atoms with Gasteiger partial charge in [0.2, 0.25) is 17.7 Å². The molecule has 9 heteroatoms. The fourth-order valence-corrected chi connectivity index (χ4v) is 3.74. The second kappa shape index (κ2) is 11.7. The molecule has 2 aromatic carbocycles. The Hall–Kier alpha value is -4.53. The van der Waals surface area contributed by atoms with Crippen LogP contribution in [0.2, 0.25) is 0 Å². The van der Waals surface area contributed by atoms with Crippen LogP contribution in [0.15, 0.2) is 71.3 Å². The summed E-state index contributed by atoms with van der Waals surface area (Å²) < 4.78 is 11.1. The number of hydrogen-bond donors (Lipinski definition) is 4. The molecule has 4 N–H and O–H groups in total. The Morgan fingerprint density at radius 1 is 0.917 bits per heavy atom. The van der Waals surface area contributed by atoms with Crippen LogP contribution in [0.3, 0.4) is 0 Å². The second-order valence-corrected chi connectivity index (χ2v) is 8.34. The number of aryl methyl sites for hydroxylation is 1. The van der Waals surface area contributed by atoms with E-state index in [2.05, 4.69) is 21.2 Å². The minimum atomic E-state index is -0.455. The number of aromatic nitrogens is 1. The standard InChI is InChI=1S/C27H28N4O5/c1-18-22(23-14-20(9-10-24(23)29-18)36-17-19-6-3-2-4-7-19)15-27(34)31-30-26(33)12-11-25(32)28-16-21-8-5-13-35-21/h2-10,13-14,29H,11-12,15-17H2,1H3,(H,28,32)(H,30,33)(H,31,34). The smallest absolute Gasteiger partial charge is 0.242 e. The van der Waals surface area contributed by atoms with Crippen molar-refractivity contribution in [3.8, 4) is 5.75 Å². The lowest BCUT2D eigenvalue weighted by atomic mass is 10.1. The van der Waals surface area contributed by atoms with E-state index in [1.54, 1.807) is 12.1 Å². The number of fused-ring (bicyclic) bond motifs is 1.